The third-order valence-corrected chi connectivity index (χ3v) is 1.27. The number of Topliss-reactive ketones (excluding diaryl/α,β-unsaturated/α-hetero) is 1. The summed E-state index contributed by atoms with van der Waals surface area (Å²) in [4.78, 5) is 21.5. The number of hydrogen-bond acceptors (Lipinski definition) is 2. The standard InChI is InChI=1S/C7H13BNO2/c1-3-6(10)5-9-7(11)4-8-2/h3-5H2,1-2H3,(H,9,11). The van der Waals surface area contributed by atoms with Crippen LogP contribution in [-0.4, -0.2) is 25.5 Å². The van der Waals surface area contributed by atoms with E-state index >= 15 is 0 Å². The third-order valence-electron chi connectivity index (χ3n) is 1.27. The molecule has 0 spiro atoms. The van der Waals surface area contributed by atoms with Gasteiger partial charge >= 0.3 is 0 Å². The highest BCUT2D eigenvalue weighted by atomic mass is 16.2. The molecule has 0 aromatic rings. The van der Waals surface area contributed by atoms with Crippen LogP contribution in [0.4, 0.5) is 0 Å². The largest absolute Gasteiger partial charge is 0.350 e. The minimum absolute atomic E-state index is 0.0643. The number of hydrogen-bond donors (Lipinski definition) is 1. The molecule has 11 heavy (non-hydrogen) atoms. The van der Waals surface area contributed by atoms with Crippen LogP contribution in [0.5, 0.6) is 0 Å². The summed E-state index contributed by atoms with van der Waals surface area (Å²) in [5.41, 5.74) is 0. The molecule has 61 valence electrons. The van der Waals surface area contributed by atoms with Gasteiger partial charge in [-0.1, -0.05) is 13.7 Å². The van der Waals surface area contributed by atoms with Crippen molar-refractivity contribution in [2.75, 3.05) is 6.54 Å². The number of amides is 1. The van der Waals surface area contributed by atoms with E-state index in [1.54, 1.807) is 21.0 Å². The first-order valence-corrected chi connectivity index (χ1v) is 3.77. The van der Waals surface area contributed by atoms with E-state index in [-0.39, 0.29) is 18.2 Å². The van der Waals surface area contributed by atoms with Gasteiger partial charge in [0.15, 0.2) is 5.78 Å². The molecule has 0 saturated carbocycles. The van der Waals surface area contributed by atoms with E-state index in [2.05, 4.69) is 5.32 Å². The maximum atomic E-state index is 10.8. The van der Waals surface area contributed by atoms with Gasteiger partial charge in [-0.2, -0.15) is 0 Å². The number of carbonyl (C=O) groups is 2. The van der Waals surface area contributed by atoms with Gasteiger partial charge in [-0.25, -0.2) is 0 Å². The van der Waals surface area contributed by atoms with Gasteiger partial charge in [0, 0.05) is 6.42 Å². The maximum Gasteiger partial charge on any atom is 0.212 e. The molecule has 0 aliphatic rings. The number of rotatable bonds is 5. The van der Waals surface area contributed by atoms with E-state index in [4.69, 9.17) is 0 Å². The van der Waals surface area contributed by atoms with Crippen molar-refractivity contribution in [1.82, 2.24) is 5.32 Å². The predicted octanol–water partition coefficient (Wildman–Crippen LogP) is 0.252. The van der Waals surface area contributed by atoms with Gasteiger partial charge in [0.05, 0.1) is 6.54 Å². The number of ketones is 1. The van der Waals surface area contributed by atoms with Crippen molar-refractivity contribution in [3.63, 3.8) is 0 Å². The molecule has 4 heteroatoms. The van der Waals surface area contributed by atoms with E-state index < -0.39 is 0 Å². The topological polar surface area (TPSA) is 46.2 Å². The van der Waals surface area contributed by atoms with E-state index in [9.17, 15) is 9.59 Å². The predicted molar refractivity (Wildman–Crippen MR) is 44.7 cm³/mol. The fourth-order valence-corrected chi connectivity index (χ4v) is 0.580. The molecular formula is C7H13BNO2. The molecule has 1 N–H and O–H groups in total. The van der Waals surface area contributed by atoms with Crippen LogP contribution in [0, 0.1) is 0 Å². The average molecular weight is 154 g/mol. The fraction of sp³-hybridized carbons (Fsp3) is 0.714. The zero-order valence-electron chi connectivity index (χ0n) is 7.02. The minimum atomic E-state index is -0.0886. The number of carbonyl (C=O) groups excluding carboxylic acids is 2. The Balaban J connectivity index is 3.38. The Morgan fingerprint density at radius 3 is 2.55 bits per heavy atom. The van der Waals surface area contributed by atoms with Gasteiger partial charge in [0.1, 0.15) is 7.28 Å². The van der Waals surface area contributed by atoms with Crippen molar-refractivity contribution in [1.29, 1.82) is 0 Å². The summed E-state index contributed by atoms with van der Waals surface area (Å²) < 4.78 is 0. The summed E-state index contributed by atoms with van der Waals surface area (Å²) in [6.45, 7) is 3.75. The summed E-state index contributed by atoms with van der Waals surface area (Å²) in [5, 5.41) is 2.51. The molecule has 0 rings (SSSR count). The van der Waals surface area contributed by atoms with E-state index in [0.717, 1.165) is 0 Å². The molecule has 0 unspecified atom stereocenters. The Bertz CT molecular complexity index is 147. The molecule has 0 fully saturated rings. The Kier molecular flexibility index (Phi) is 5.52. The monoisotopic (exact) mass is 154 g/mol. The lowest BCUT2D eigenvalue weighted by molar-refractivity contribution is -0.123. The summed E-state index contributed by atoms with van der Waals surface area (Å²) in [5.74, 6) is -0.0243. The molecule has 0 aromatic carbocycles. The summed E-state index contributed by atoms with van der Waals surface area (Å²) in [6, 6.07) is 0. The molecule has 3 nitrogen and oxygen atoms in total. The first-order valence-electron chi connectivity index (χ1n) is 3.77. The van der Waals surface area contributed by atoms with Crippen LogP contribution >= 0.6 is 0 Å². The van der Waals surface area contributed by atoms with Crippen molar-refractivity contribution in [2.45, 2.75) is 26.5 Å². The van der Waals surface area contributed by atoms with Gasteiger partial charge in [-0.15, -0.1) is 0 Å². The quantitative estimate of drug-likeness (QED) is 0.577. The molecule has 0 saturated heterocycles. The van der Waals surface area contributed by atoms with Crippen LogP contribution in [0.25, 0.3) is 0 Å². The SMILES string of the molecule is C[B]CC(=O)NCC(=O)CC. The van der Waals surface area contributed by atoms with Crippen LogP contribution in [0.15, 0.2) is 0 Å². The summed E-state index contributed by atoms with van der Waals surface area (Å²) in [6.07, 6.45) is 0.868. The molecule has 1 radical (unpaired) electrons. The zero-order chi connectivity index (χ0) is 8.69. The maximum absolute atomic E-state index is 10.8. The van der Waals surface area contributed by atoms with Gasteiger partial charge in [0.25, 0.3) is 0 Å². The first-order chi connectivity index (χ1) is 5.20. The first kappa shape index (κ1) is 10.2. The molecule has 0 atom stereocenters. The summed E-state index contributed by atoms with van der Waals surface area (Å²) in [7, 11) is 1.76. The molecule has 1 amide bonds. The molecule has 0 bridgehead atoms. The van der Waals surface area contributed by atoms with Crippen molar-refractivity contribution in [3.8, 4) is 0 Å². The van der Waals surface area contributed by atoms with Gasteiger partial charge < -0.3 is 5.32 Å². The highest BCUT2D eigenvalue weighted by Crippen LogP contribution is 1.80. The molecular weight excluding hydrogens is 141 g/mol. The Hall–Kier alpha value is -0.795. The lowest BCUT2D eigenvalue weighted by Crippen LogP contribution is -2.29. The Labute approximate surface area is 67.8 Å². The molecule has 0 aromatic heterocycles. The van der Waals surface area contributed by atoms with Crippen molar-refractivity contribution in [2.24, 2.45) is 0 Å². The number of nitrogens with one attached hydrogen (secondary N) is 1. The smallest absolute Gasteiger partial charge is 0.212 e. The van der Waals surface area contributed by atoms with Crippen LogP contribution in [0.2, 0.25) is 13.1 Å². The van der Waals surface area contributed by atoms with Crippen molar-refractivity contribution < 1.29 is 9.59 Å². The van der Waals surface area contributed by atoms with Gasteiger partial charge in [0.2, 0.25) is 5.91 Å². The lowest BCUT2D eigenvalue weighted by atomic mass is 9.78. The van der Waals surface area contributed by atoms with Crippen molar-refractivity contribution >= 4 is 19.0 Å². The third kappa shape index (κ3) is 5.64. The van der Waals surface area contributed by atoms with E-state index in [0.29, 0.717) is 12.7 Å². The molecule has 0 heterocycles. The van der Waals surface area contributed by atoms with Crippen LogP contribution < -0.4 is 5.32 Å². The second-order valence-corrected chi connectivity index (χ2v) is 2.28. The summed E-state index contributed by atoms with van der Waals surface area (Å²) >= 11 is 0. The van der Waals surface area contributed by atoms with E-state index in [1.165, 1.54) is 0 Å². The molecule has 0 aliphatic carbocycles. The van der Waals surface area contributed by atoms with Crippen LogP contribution in [0.1, 0.15) is 13.3 Å². The second kappa shape index (κ2) is 5.95. The highest BCUT2D eigenvalue weighted by Gasteiger charge is 2.01. The van der Waals surface area contributed by atoms with Gasteiger partial charge in [-0.05, 0) is 6.32 Å². The average Bonchev–Trinajstić information content (AvgIpc) is 2.01. The zero-order valence-corrected chi connectivity index (χ0v) is 7.02. The van der Waals surface area contributed by atoms with Crippen LogP contribution in [0.3, 0.4) is 0 Å². The highest BCUT2D eigenvalue weighted by molar-refractivity contribution is 6.39. The lowest BCUT2D eigenvalue weighted by Gasteiger charge is -2.00. The Morgan fingerprint density at radius 2 is 2.09 bits per heavy atom. The fourth-order valence-electron chi connectivity index (χ4n) is 0.580. The second-order valence-electron chi connectivity index (χ2n) is 2.28. The Morgan fingerprint density at radius 1 is 1.45 bits per heavy atom. The minimum Gasteiger partial charge on any atom is -0.350 e. The van der Waals surface area contributed by atoms with E-state index in [1.807, 2.05) is 0 Å². The molecule has 0 aliphatic heterocycles. The van der Waals surface area contributed by atoms with Gasteiger partial charge in [-0.3, -0.25) is 9.59 Å². The van der Waals surface area contributed by atoms with Crippen LogP contribution in [-0.2, 0) is 9.59 Å². The van der Waals surface area contributed by atoms with Crippen molar-refractivity contribution in [3.05, 3.63) is 0 Å². The normalized spacial score (nSPS) is 8.91.